The van der Waals surface area contributed by atoms with Crippen molar-refractivity contribution in [2.45, 2.75) is 32.2 Å². The summed E-state index contributed by atoms with van der Waals surface area (Å²) in [5.41, 5.74) is 1.66. The number of benzene rings is 2. The van der Waals surface area contributed by atoms with Gasteiger partial charge in [0.1, 0.15) is 0 Å². The Balaban J connectivity index is 2.12. The molecule has 8 heteroatoms. The first kappa shape index (κ1) is 20.7. The predicted octanol–water partition coefficient (Wildman–Crippen LogP) is 3.75. The Labute approximate surface area is 163 Å². The van der Waals surface area contributed by atoms with Crippen molar-refractivity contribution >= 4 is 39.1 Å². The zero-order valence-corrected chi connectivity index (χ0v) is 16.8. The van der Waals surface area contributed by atoms with Gasteiger partial charge in [-0.1, -0.05) is 47.5 Å². The normalized spacial score (nSPS) is 11.6. The van der Waals surface area contributed by atoms with Crippen LogP contribution < -0.4 is 10.0 Å². The summed E-state index contributed by atoms with van der Waals surface area (Å²) in [7, 11) is -3.46. The predicted molar refractivity (Wildman–Crippen MR) is 105 cm³/mol. The Morgan fingerprint density at radius 3 is 2.35 bits per heavy atom. The molecule has 0 saturated carbocycles. The van der Waals surface area contributed by atoms with E-state index in [-0.39, 0.29) is 29.3 Å². The average Bonchev–Trinajstić information content (AvgIpc) is 2.52. The number of sulfonamides is 1. The molecule has 0 aliphatic heterocycles. The van der Waals surface area contributed by atoms with Crippen LogP contribution in [-0.2, 0) is 22.3 Å². The molecule has 0 aromatic heterocycles. The van der Waals surface area contributed by atoms with Gasteiger partial charge in [-0.05, 0) is 43.2 Å². The molecule has 140 valence electrons. The summed E-state index contributed by atoms with van der Waals surface area (Å²) in [5.74, 6) is -0.511. The van der Waals surface area contributed by atoms with Gasteiger partial charge in [0.15, 0.2) is 0 Å². The first-order chi connectivity index (χ1) is 12.2. The lowest BCUT2D eigenvalue weighted by molar-refractivity contribution is 0.0951. The molecule has 2 aromatic rings. The second-order valence-corrected chi connectivity index (χ2v) is 8.70. The largest absolute Gasteiger partial charge is 0.348 e. The third-order valence-electron chi connectivity index (χ3n) is 3.49. The number of hydrogen-bond donors (Lipinski definition) is 2. The van der Waals surface area contributed by atoms with Gasteiger partial charge in [0, 0.05) is 17.6 Å². The Hall–Kier alpha value is -1.60. The van der Waals surface area contributed by atoms with Crippen LogP contribution in [0.15, 0.2) is 42.5 Å². The Morgan fingerprint density at radius 1 is 1.08 bits per heavy atom. The Bertz CT molecular complexity index is 899. The Kier molecular flexibility index (Phi) is 7.06. The van der Waals surface area contributed by atoms with E-state index >= 15 is 0 Å². The summed E-state index contributed by atoms with van der Waals surface area (Å²) < 4.78 is 26.9. The van der Waals surface area contributed by atoms with Crippen LogP contribution in [0.4, 0.5) is 0 Å². The summed E-state index contributed by atoms with van der Waals surface area (Å²) in [6.07, 6.45) is 0. The third kappa shape index (κ3) is 5.99. The molecule has 0 heterocycles. The molecular weight excluding hydrogens is 395 g/mol. The van der Waals surface area contributed by atoms with Gasteiger partial charge >= 0.3 is 0 Å². The zero-order chi connectivity index (χ0) is 19.3. The van der Waals surface area contributed by atoms with Gasteiger partial charge in [0.05, 0.1) is 16.3 Å². The lowest BCUT2D eigenvalue weighted by atomic mass is 10.1. The molecule has 0 atom stereocenters. The monoisotopic (exact) mass is 414 g/mol. The summed E-state index contributed by atoms with van der Waals surface area (Å²) in [6.45, 7) is 3.71. The fourth-order valence-electron chi connectivity index (χ4n) is 2.42. The van der Waals surface area contributed by atoms with Crippen molar-refractivity contribution in [3.8, 4) is 0 Å². The maximum Gasteiger partial charge on any atom is 0.253 e. The summed E-state index contributed by atoms with van der Waals surface area (Å²) in [5, 5.41) is 3.46. The van der Waals surface area contributed by atoms with Crippen molar-refractivity contribution in [3.05, 3.63) is 69.2 Å². The summed E-state index contributed by atoms with van der Waals surface area (Å²) in [6, 6.07) is 11.5. The van der Waals surface area contributed by atoms with Gasteiger partial charge in [-0.3, -0.25) is 4.79 Å². The van der Waals surface area contributed by atoms with Crippen molar-refractivity contribution in [2.75, 3.05) is 0 Å². The van der Waals surface area contributed by atoms with E-state index in [1.807, 2.05) is 0 Å². The van der Waals surface area contributed by atoms with Crippen LogP contribution >= 0.6 is 23.2 Å². The molecule has 0 fully saturated rings. The van der Waals surface area contributed by atoms with E-state index in [1.54, 1.807) is 50.2 Å². The average molecular weight is 415 g/mol. The van der Waals surface area contributed by atoms with Crippen LogP contribution in [0.3, 0.4) is 0 Å². The standard InChI is InChI=1S/C18H20Cl2N2O3S/c1-12(2)22-26(24,25)11-14-6-4-3-5-13(14)10-21-18(23)16-8-7-15(19)9-17(16)20/h3-9,12,22H,10-11H2,1-2H3,(H,21,23). The van der Waals surface area contributed by atoms with Crippen LogP contribution in [0.1, 0.15) is 35.3 Å². The number of carbonyl (C=O) groups is 1. The number of amides is 1. The van der Waals surface area contributed by atoms with Crippen LogP contribution in [-0.4, -0.2) is 20.4 Å². The van der Waals surface area contributed by atoms with Crippen molar-refractivity contribution in [3.63, 3.8) is 0 Å². The van der Waals surface area contributed by atoms with Gasteiger partial charge in [-0.25, -0.2) is 13.1 Å². The van der Waals surface area contributed by atoms with Gasteiger partial charge in [0.25, 0.3) is 5.91 Å². The molecule has 2 rings (SSSR count). The molecule has 26 heavy (non-hydrogen) atoms. The molecule has 0 saturated heterocycles. The van der Waals surface area contributed by atoms with Crippen molar-refractivity contribution in [1.29, 1.82) is 0 Å². The van der Waals surface area contributed by atoms with Crippen LogP contribution in [0, 0.1) is 0 Å². The summed E-state index contributed by atoms with van der Waals surface area (Å²) in [4.78, 5) is 12.3. The number of halogens is 2. The highest BCUT2D eigenvalue weighted by Crippen LogP contribution is 2.21. The summed E-state index contributed by atoms with van der Waals surface area (Å²) >= 11 is 11.9. The zero-order valence-electron chi connectivity index (χ0n) is 14.4. The number of hydrogen-bond acceptors (Lipinski definition) is 3. The Morgan fingerprint density at radius 2 is 1.73 bits per heavy atom. The number of nitrogens with one attached hydrogen (secondary N) is 2. The molecule has 0 aliphatic rings. The van der Waals surface area contributed by atoms with Crippen molar-refractivity contribution < 1.29 is 13.2 Å². The minimum absolute atomic E-state index is 0.154. The quantitative estimate of drug-likeness (QED) is 0.723. The highest BCUT2D eigenvalue weighted by Gasteiger charge is 2.16. The van der Waals surface area contributed by atoms with Crippen LogP contribution in [0.25, 0.3) is 0 Å². The minimum atomic E-state index is -3.46. The lowest BCUT2D eigenvalue weighted by Crippen LogP contribution is -2.32. The minimum Gasteiger partial charge on any atom is -0.348 e. The van der Waals surface area contributed by atoms with Gasteiger partial charge in [-0.15, -0.1) is 0 Å². The van der Waals surface area contributed by atoms with E-state index in [0.717, 1.165) is 5.56 Å². The van der Waals surface area contributed by atoms with E-state index in [2.05, 4.69) is 10.0 Å². The van der Waals surface area contributed by atoms with Crippen LogP contribution in [0.5, 0.6) is 0 Å². The number of carbonyl (C=O) groups excluding carboxylic acids is 1. The fourth-order valence-corrected chi connectivity index (χ4v) is 4.41. The molecule has 0 radical (unpaired) electrons. The van der Waals surface area contributed by atoms with Crippen molar-refractivity contribution in [1.82, 2.24) is 10.0 Å². The first-order valence-corrected chi connectivity index (χ1v) is 10.4. The highest BCUT2D eigenvalue weighted by atomic mass is 35.5. The molecule has 5 nitrogen and oxygen atoms in total. The van der Waals surface area contributed by atoms with Crippen LogP contribution in [0.2, 0.25) is 10.0 Å². The fraction of sp³-hybridized carbons (Fsp3) is 0.278. The number of rotatable bonds is 7. The third-order valence-corrected chi connectivity index (χ3v) is 5.56. The molecule has 1 amide bonds. The van der Waals surface area contributed by atoms with Gasteiger partial charge in [-0.2, -0.15) is 0 Å². The van der Waals surface area contributed by atoms with E-state index < -0.39 is 10.0 Å². The molecule has 0 unspecified atom stereocenters. The van der Waals surface area contributed by atoms with Gasteiger partial charge < -0.3 is 5.32 Å². The van der Waals surface area contributed by atoms with Crippen molar-refractivity contribution in [2.24, 2.45) is 0 Å². The topological polar surface area (TPSA) is 75.3 Å². The molecule has 2 N–H and O–H groups in total. The molecular formula is C18H20Cl2N2O3S. The molecule has 0 spiro atoms. The van der Waals surface area contributed by atoms with E-state index in [9.17, 15) is 13.2 Å². The molecule has 0 bridgehead atoms. The van der Waals surface area contributed by atoms with E-state index in [4.69, 9.17) is 23.2 Å². The maximum absolute atomic E-state index is 12.3. The second-order valence-electron chi connectivity index (χ2n) is 6.11. The molecule has 0 aliphatic carbocycles. The smallest absolute Gasteiger partial charge is 0.253 e. The van der Waals surface area contributed by atoms with E-state index in [0.29, 0.717) is 16.1 Å². The maximum atomic E-state index is 12.3. The first-order valence-electron chi connectivity index (χ1n) is 7.98. The molecule has 2 aromatic carbocycles. The second kappa shape index (κ2) is 8.86. The van der Waals surface area contributed by atoms with Gasteiger partial charge in [0.2, 0.25) is 10.0 Å². The SMILES string of the molecule is CC(C)NS(=O)(=O)Cc1ccccc1CNC(=O)c1ccc(Cl)cc1Cl. The van der Waals surface area contributed by atoms with E-state index in [1.165, 1.54) is 6.07 Å². The lowest BCUT2D eigenvalue weighted by Gasteiger charge is -2.13. The highest BCUT2D eigenvalue weighted by molar-refractivity contribution is 7.88.